The molecular weight excluding hydrogens is 220 g/mol. The maximum Gasteiger partial charge on any atom is 0.185 e. The minimum atomic E-state index is 0.0453. The predicted molar refractivity (Wildman–Crippen MR) is 65.4 cm³/mol. The Hall–Kier alpha value is -1.06. The van der Waals surface area contributed by atoms with Crippen LogP contribution in [0.4, 0.5) is 0 Å². The van der Waals surface area contributed by atoms with Crippen molar-refractivity contribution in [3.8, 4) is 0 Å². The summed E-state index contributed by atoms with van der Waals surface area (Å²) in [4.78, 5) is 11.8. The molecule has 2 unspecified atom stereocenters. The van der Waals surface area contributed by atoms with Gasteiger partial charge in [0.05, 0.1) is 11.4 Å². The molecule has 0 amide bonds. The molecule has 1 aromatic rings. The Morgan fingerprint density at radius 3 is 3.00 bits per heavy atom. The monoisotopic (exact) mass is 232 g/mol. The first-order valence-electron chi connectivity index (χ1n) is 5.29. The molecule has 2 bridgehead atoms. The Labute approximate surface area is 98.7 Å². The molecule has 0 radical (unpaired) electrons. The number of fused-ring (bicyclic) bond motifs is 4. The van der Waals surface area contributed by atoms with Gasteiger partial charge >= 0.3 is 0 Å². The smallest absolute Gasteiger partial charge is 0.185 e. The van der Waals surface area contributed by atoms with E-state index in [4.69, 9.17) is 4.74 Å². The molecule has 2 atom stereocenters. The zero-order valence-electron chi connectivity index (χ0n) is 8.97. The van der Waals surface area contributed by atoms with Crippen molar-refractivity contribution in [2.75, 3.05) is 12.9 Å². The highest BCUT2D eigenvalue weighted by Gasteiger charge is 2.38. The Morgan fingerprint density at radius 2 is 2.19 bits per heavy atom. The fraction of sp³-hybridized carbons (Fsp3) is 0.308. The SMILES string of the molecule is CSC1C2=Cc3ccccc3C1OCC2=O. The number of hydrogen-bond acceptors (Lipinski definition) is 3. The highest BCUT2D eigenvalue weighted by molar-refractivity contribution is 7.99. The maximum absolute atomic E-state index is 11.8. The van der Waals surface area contributed by atoms with Gasteiger partial charge in [-0.15, -0.1) is 0 Å². The van der Waals surface area contributed by atoms with Crippen LogP contribution in [0.2, 0.25) is 0 Å². The van der Waals surface area contributed by atoms with E-state index >= 15 is 0 Å². The van der Waals surface area contributed by atoms with Crippen LogP contribution in [0.1, 0.15) is 17.2 Å². The van der Waals surface area contributed by atoms with Gasteiger partial charge in [0.1, 0.15) is 6.61 Å². The van der Waals surface area contributed by atoms with E-state index in [1.165, 1.54) is 5.56 Å². The number of benzene rings is 1. The minimum absolute atomic E-state index is 0.0453. The third-order valence-corrected chi connectivity index (χ3v) is 4.17. The number of hydrogen-bond donors (Lipinski definition) is 0. The van der Waals surface area contributed by atoms with Crippen LogP contribution in [-0.2, 0) is 9.53 Å². The van der Waals surface area contributed by atoms with E-state index in [9.17, 15) is 4.79 Å². The fourth-order valence-electron chi connectivity index (χ4n) is 2.39. The standard InChI is InChI=1S/C13H12O2S/c1-16-13-10-6-8-4-2-3-5-9(8)12(13)15-7-11(10)14/h2-6,12-13H,7H2,1H3. The van der Waals surface area contributed by atoms with Crippen molar-refractivity contribution in [3.63, 3.8) is 0 Å². The molecule has 1 aromatic carbocycles. The number of thioether (sulfide) groups is 1. The zero-order valence-corrected chi connectivity index (χ0v) is 9.79. The first-order valence-corrected chi connectivity index (χ1v) is 6.58. The van der Waals surface area contributed by atoms with Gasteiger partial charge in [-0.05, 0) is 23.5 Å². The van der Waals surface area contributed by atoms with E-state index in [1.807, 2.05) is 30.5 Å². The molecule has 0 N–H and O–H groups in total. The highest BCUT2D eigenvalue weighted by atomic mass is 32.2. The van der Waals surface area contributed by atoms with Gasteiger partial charge in [0.2, 0.25) is 0 Å². The molecule has 2 aliphatic rings. The maximum atomic E-state index is 11.8. The lowest BCUT2D eigenvalue weighted by Gasteiger charge is -2.36. The number of rotatable bonds is 1. The van der Waals surface area contributed by atoms with E-state index in [-0.39, 0.29) is 23.7 Å². The average Bonchev–Trinajstić information content (AvgIpc) is 2.33. The average molecular weight is 232 g/mol. The van der Waals surface area contributed by atoms with Gasteiger partial charge in [-0.2, -0.15) is 11.8 Å². The van der Waals surface area contributed by atoms with Crippen LogP contribution in [0.5, 0.6) is 0 Å². The lowest BCUT2D eigenvalue weighted by molar-refractivity contribution is -0.125. The summed E-state index contributed by atoms with van der Waals surface area (Å²) < 4.78 is 5.68. The summed E-state index contributed by atoms with van der Waals surface area (Å²) in [5.41, 5.74) is 3.25. The Morgan fingerprint density at radius 1 is 1.38 bits per heavy atom. The highest BCUT2D eigenvalue weighted by Crippen LogP contribution is 2.43. The van der Waals surface area contributed by atoms with Crippen LogP contribution in [0.15, 0.2) is 29.8 Å². The van der Waals surface area contributed by atoms with Crippen molar-refractivity contribution >= 4 is 23.6 Å². The Balaban J connectivity index is 2.19. The zero-order chi connectivity index (χ0) is 11.1. The molecule has 16 heavy (non-hydrogen) atoms. The quantitative estimate of drug-likeness (QED) is 0.744. The van der Waals surface area contributed by atoms with Crippen LogP contribution in [0.25, 0.3) is 6.08 Å². The molecule has 1 aliphatic carbocycles. The van der Waals surface area contributed by atoms with E-state index in [1.54, 1.807) is 11.8 Å². The van der Waals surface area contributed by atoms with Gasteiger partial charge in [-0.1, -0.05) is 24.3 Å². The molecule has 82 valence electrons. The van der Waals surface area contributed by atoms with Crippen molar-refractivity contribution < 1.29 is 9.53 Å². The first kappa shape index (κ1) is 10.1. The number of carbonyl (C=O) groups excluding carboxylic acids is 1. The van der Waals surface area contributed by atoms with Crippen LogP contribution in [0, 0.1) is 0 Å². The number of ether oxygens (including phenoxy) is 1. The molecule has 0 aromatic heterocycles. The second-order valence-electron chi connectivity index (χ2n) is 4.04. The molecule has 3 rings (SSSR count). The van der Waals surface area contributed by atoms with Crippen LogP contribution in [-0.4, -0.2) is 23.9 Å². The summed E-state index contributed by atoms with van der Waals surface area (Å²) in [6.07, 6.45) is 4.10. The third-order valence-electron chi connectivity index (χ3n) is 3.16. The van der Waals surface area contributed by atoms with Crippen molar-refractivity contribution in [2.24, 2.45) is 0 Å². The summed E-state index contributed by atoms with van der Waals surface area (Å²) >= 11 is 1.69. The third kappa shape index (κ3) is 1.35. The Kier molecular flexibility index (Phi) is 2.37. The molecule has 1 fully saturated rings. The summed E-state index contributed by atoms with van der Waals surface area (Å²) in [6.45, 7) is 0.224. The Bertz CT molecular complexity index is 479. The fourth-order valence-corrected chi connectivity index (χ4v) is 3.32. The van der Waals surface area contributed by atoms with Crippen LogP contribution < -0.4 is 0 Å². The van der Waals surface area contributed by atoms with Crippen molar-refractivity contribution in [1.29, 1.82) is 0 Å². The van der Waals surface area contributed by atoms with Gasteiger partial charge in [0.15, 0.2) is 5.78 Å². The van der Waals surface area contributed by atoms with Gasteiger partial charge in [0, 0.05) is 5.57 Å². The van der Waals surface area contributed by atoms with Crippen molar-refractivity contribution in [3.05, 3.63) is 41.0 Å². The van der Waals surface area contributed by atoms with Crippen LogP contribution >= 0.6 is 11.8 Å². The molecule has 1 aliphatic heterocycles. The first-order chi connectivity index (χ1) is 7.81. The number of carbonyl (C=O) groups is 1. The van der Waals surface area contributed by atoms with Gasteiger partial charge in [0.25, 0.3) is 0 Å². The van der Waals surface area contributed by atoms with Crippen molar-refractivity contribution in [2.45, 2.75) is 11.4 Å². The number of Topliss-reactive ketones (excluding diaryl/α,β-unsaturated/α-hetero) is 1. The van der Waals surface area contributed by atoms with Gasteiger partial charge < -0.3 is 4.74 Å². The van der Waals surface area contributed by atoms with E-state index in [0.717, 1.165) is 11.1 Å². The summed E-state index contributed by atoms with van der Waals surface area (Å²) in [6, 6.07) is 8.15. The molecular formula is C13H12O2S. The molecule has 1 saturated heterocycles. The predicted octanol–water partition coefficient (Wildman–Crippen LogP) is 2.46. The molecule has 2 nitrogen and oxygen atoms in total. The molecule has 1 heterocycles. The van der Waals surface area contributed by atoms with Gasteiger partial charge in [-0.3, -0.25) is 4.79 Å². The summed E-state index contributed by atoms with van der Waals surface area (Å²) in [5.74, 6) is 0.130. The lowest BCUT2D eigenvalue weighted by Crippen LogP contribution is -2.36. The van der Waals surface area contributed by atoms with E-state index in [2.05, 4.69) is 6.07 Å². The van der Waals surface area contributed by atoms with Gasteiger partial charge in [-0.25, -0.2) is 0 Å². The molecule has 3 heteroatoms. The molecule has 0 spiro atoms. The largest absolute Gasteiger partial charge is 0.364 e. The molecule has 0 saturated carbocycles. The second kappa shape index (κ2) is 3.75. The van der Waals surface area contributed by atoms with Crippen molar-refractivity contribution in [1.82, 2.24) is 0 Å². The topological polar surface area (TPSA) is 26.3 Å². The minimum Gasteiger partial charge on any atom is -0.364 e. The number of ketones is 1. The van der Waals surface area contributed by atoms with E-state index < -0.39 is 0 Å². The van der Waals surface area contributed by atoms with E-state index in [0.29, 0.717) is 0 Å². The van der Waals surface area contributed by atoms with Crippen LogP contribution in [0.3, 0.4) is 0 Å². The second-order valence-corrected chi connectivity index (χ2v) is 5.02. The summed E-state index contributed by atoms with van der Waals surface area (Å²) in [5, 5.41) is 0.163. The summed E-state index contributed by atoms with van der Waals surface area (Å²) in [7, 11) is 0. The lowest BCUT2D eigenvalue weighted by atomic mass is 9.86. The normalized spacial score (nSPS) is 27.3.